The molecular formula is C31H47N3O7S2. The summed E-state index contributed by atoms with van der Waals surface area (Å²) in [4.78, 5) is 53.5. The van der Waals surface area contributed by atoms with Gasteiger partial charge in [0.05, 0.1) is 30.0 Å². The van der Waals surface area contributed by atoms with Crippen LogP contribution in [-0.4, -0.2) is 93.5 Å². The van der Waals surface area contributed by atoms with Gasteiger partial charge in [-0.1, -0.05) is 37.3 Å². The third kappa shape index (κ3) is 8.60. The highest BCUT2D eigenvalue weighted by Gasteiger charge is 2.60. The van der Waals surface area contributed by atoms with Gasteiger partial charge in [-0.05, 0) is 65.0 Å². The van der Waals surface area contributed by atoms with Crippen LogP contribution in [0.2, 0.25) is 0 Å². The number of thioether (sulfide) groups is 2. The Labute approximate surface area is 263 Å². The standard InChI is InChI=1S/C31H47N3O7S2/c1-9-19(32-26(36)21-17-43-31(5,6)34(21)29(39)41-30(2,3)4)25(35)23-22(18-13-11-10-12-14-18)24(23)27(37)33-20(15-16-42-8)28(38)40-7/h10-14,19-25,35H,9,15-17H2,1-8H3,(H,32,36)(H,33,37)/t19-,20-,21-,22-,23+,24+,25-/m0/s1. The number of amides is 3. The zero-order valence-corrected chi connectivity index (χ0v) is 28.1. The van der Waals surface area contributed by atoms with E-state index >= 15 is 0 Å². The van der Waals surface area contributed by atoms with Crippen molar-refractivity contribution in [3.63, 3.8) is 0 Å². The van der Waals surface area contributed by atoms with E-state index in [9.17, 15) is 24.3 Å². The van der Waals surface area contributed by atoms with Crippen LogP contribution in [0.25, 0.3) is 0 Å². The second-order valence-corrected chi connectivity index (χ2v) is 15.1. The van der Waals surface area contributed by atoms with Crippen LogP contribution in [0.15, 0.2) is 30.3 Å². The number of methoxy groups -OCH3 is 1. The second-order valence-electron chi connectivity index (χ2n) is 12.5. The van der Waals surface area contributed by atoms with Crippen molar-refractivity contribution in [3.8, 4) is 0 Å². The number of hydrogen-bond acceptors (Lipinski definition) is 9. The fourth-order valence-electron chi connectivity index (χ4n) is 5.73. The number of rotatable bonds is 12. The highest BCUT2D eigenvalue weighted by Crippen LogP contribution is 2.56. The number of carbonyl (C=O) groups is 4. The summed E-state index contributed by atoms with van der Waals surface area (Å²) in [5.41, 5.74) is 0.177. The van der Waals surface area contributed by atoms with Gasteiger partial charge in [-0.25, -0.2) is 9.59 Å². The monoisotopic (exact) mass is 637 g/mol. The molecule has 2 aliphatic rings. The Morgan fingerprint density at radius 1 is 1.14 bits per heavy atom. The molecule has 43 heavy (non-hydrogen) atoms. The summed E-state index contributed by atoms with van der Waals surface area (Å²) in [7, 11) is 1.29. The van der Waals surface area contributed by atoms with Gasteiger partial charge in [-0.15, -0.1) is 11.8 Å². The molecule has 7 atom stereocenters. The van der Waals surface area contributed by atoms with Crippen molar-refractivity contribution < 1.29 is 33.8 Å². The van der Waals surface area contributed by atoms with E-state index in [0.29, 0.717) is 24.3 Å². The average Bonchev–Trinajstić information content (AvgIpc) is 3.61. The van der Waals surface area contributed by atoms with E-state index in [2.05, 4.69) is 10.6 Å². The molecule has 3 N–H and O–H groups in total. The zero-order valence-electron chi connectivity index (χ0n) is 26.4. The first-order valence-corrected chi connectivity index (χ1v) is 17.1. The predicted molar refractivity (Wildman–Crippen MR) is 170 cm³/mol. The lowest BCUT2D eigenvalue weighted by molar-refractivity contribution is -0.145. The molecule has 1 saturated carbocycles. The molecule has 1 aromatic carbocycles. The molecule has 1 aromatic rings. The number of nitrogens with zero attached hydrogens (tertiary/aromatic N) is 1. The molecular weight excluding hydrogens is 590 g/mol. The summed E-state index contributed by atoms with van der Waals surface area (Å²) in [5.74, 6) is -1.54. The van der Waals surface area contributed by atoms with E-state index in [1.165, 1.54) is 23.8 Å². The Balaban J connectivity index is 1.80. The van der Waals surface area contributed by atoms with Crippen LogP contribution in [0, 0.1) is 11.8 Å². The number of carbonyl (C=O) groups excluding carboxylic acids is 4. The van der Waals surface area contributed by atoms with Crippen LogP contribution in [0.3, 0.4) is 0 Å². The molecule has 0 radical (unpaired) electrons. The summed E-state index contributed by atoms with van der Waals surface area (Å²) < 4.78 is 10.5. The average molecular weight is 638 g/mol. The highest BCUT2D eigenvalue weighted by atomic mass is 32.2. The van der Waals surface area contributed by atoms with Gasteiger partial charge in [0.1, 0.15) is 17.7 Å². The third-order valence-electron chi connectivity index (χ3n) is 7.93. The van der Waals surface area contributed by atoms with Crippen molar-refractivity contribution in [3.05, 3.63) is 35.9 Å². The van der Waals surface area contributed by atoms with Gasteiger partial charge in [0, 0.05) is 17.6 Å². The second kappa shape index (κ2) is 14.6. The smallest absolute Gasteiger partial charge is 0.412 e. The maximum absolute atomic E-state index is 13.6. The maximum Gasteiger partial charge on any atom is 0.412 e. The van der Waals surface area contributed by atoms with Crippen molar-refractivity contribution in [1.82, 2.24) is 15.5 Å². The van der Waals surface area contributed by atoms with Gasteiger partial charge >= 0.3 is 12.1 Å². The number of aliphatic hydroxyl groups excluding tert-OH is 1. The van der Waals surface area contributed by atoms with Crippen LogP contribution in [0.1, 0.15) is 65.9 Å². The topological polar surface area (TPSA) is 134 Å². The van der Waals surface area contributed by atoms with E-state index < -0.39 is 58.6 Å². The zero-order chi connectivity index (χ0) is 32.1. The Kier molecular flexibility index (Phi) is 11.9. The minimum Gasteiger partial charge on any atom is -0.467 e. The lowest BCUT2D eigenvalue weighted by Gasteiger charge is -2.36. The van der Waals surface area contributed by atoms with Crippen LogP contribution >= 0.6 is 23.5 Å². The van der Waals surface area contributed by atoms with Crippen molar-refractivity contribution in [1.29, 1.82) is 0 Å². The van der Waals surface area contributed by atoms with E-state index in [4.69, 9.17) is 9.47 Å². The van der Waals surface area contributed by atoms with Gasteiger partial charge in [-0.3, -0.25) is 14.5 Å². The quantitative estimate of drug-likeness (QED) is 0.293. The summed E-state index contributed by atoms with van der Waals surface area (Å²) in [6.45, 7) is 10.9. The van der Waals surface area contributed by atoms with Crippen LogP contribution in [0.5, 0.6) is 0 Å². The maximum atomic E-state index is 13.6. The largest absolute Gasteiger partial charge is 0.467 e. The van der Waals surface area contributed by atoms with Crippen LogP contribution < -0.4 is 10.6 Å². The van der Waals surface area contributed by atoms with Gasteiger partial charge in [0.15, 0.2) is 0 Å². The summed E-state index contributed by atoms with van der Waals surface area (Å²) in [5, 5.41) is 17.5. The number of nitrogens with one attached hydrogen (secondary N) is 2. The molecule has 1 aliphatic carbocycles. The summed E-state index contributed by atoms with van der Waals surface area (Å²) in [6.07, 6.45) is 1.14. The van der Waals surface area contributed by atoms with Crippen molar-refractivity contribution in [2.45, 2.75) is 95.0 Å². The Morgan fingerprint density at radius 2 is 1.79 bits per heavy atom. The molecule has 240 valence electrons. The first kappa shape index (κ1) is 35.0. The molecule has 1 heterocycles. The molecule has 12 heteroatoms. The molecule has 0 spiro atoms. The van der Waals surface area contributed by atoms with E-state index in [0.717, 1.165) is 5.56 Å². The predicted octanol–water partition coefficient (Wildman–Crippen LogP) is 3.77. The Hall–Kier alpha value is -2.44. The fourth-order valence-corrected chi connectivity index (χ4v) is 7.40. The number of hydrogen-bond donors (Lipinski definition) is 3. The molecule has 3 rings (SSSR count). The number of aliphatic hydroxyl groups is 1. The SMILES string of the molecule is CC[C@H](NC(=O)[C@@H]1CSC(C)(C)N1C(=O)OC(C)(C)C)[C@H](O)[C@H]1[C@H](C(=O)N[C@@H](CCSC)C(=O)OC)[C@H]1c1ccccc1. The molecule has 3 amide bonds. The van der Waals surface area contributed by atoms with Crippen LogP contribution in [0.4, 0.5) is 4.79 Å². The summed E-state index contributed by atoms with van der Waals surface area (Å²) >= 11 is 3.05. The molecule has 1 aliphatic heterocycles. The Morgan fingerprint density at radius 3 is 2.35 bits per heavy atom. The molecule has 0 bridgehead atoms. The van der Waals surface area contributed by atoms with Crippen molar-refractivity contribution >= 4 is 47.4 Å². The highest BCUT2D eigenvalue weighted by molar-refractivity contribution is 8.00. The van der Waals surface area contributed by atoms with Gasteiger partial charge in [-0.2, -0.15) is 11.8 Å². The van der Waals surface area contributed by atoms with Gasteiger partial charge in [0.25, 0.3) is 0 Å². The lowest BCUT2D eigenvalue weighted by Crippen LogP contribution is -2.57. The summed E-state index contributed by atoms with van der Waals surface area (Å²) in [6, 6.07) is 7.24. The molecule has 2 fully saturated rings. The van der Waals surface area contributed by atoms with Crippen molar-refractivity contribution in [2.24, 2.45) is 11.8 Å². The van der Waals surface area contributed by atoms with Gasteiger partial charge < -0.3 is 25.2 Å². The van der Waals surface area contributed by atoms with Crippen molar-refractivity contribution in [2.75, 3.05) is 24.9 Å². The number of esters is 1. The lowest BCUT2D eigenvalue weighted by atomic mass is 9.99. The first-order valence-electron chi connectivity index (χ1n) is 14.7. The number of benzene rings is 1. The molecule has 0 unspecified atom stereocenters. The third-order valence-corrected chi connectivity index (χ3v) is 9.96. The Bertz CT molecular complexity index is 1140. The molecule has 0 aromatic heterocycles. The number of ether oxygens (including phenoxy) is 2. The first-order chi connectivity index (χ1) is 20.2. The van der Waals surface area contributed by atoms with E-state index in [1.807, 2.05) is 57.4 Å². The minimum atomic E-state index is -1.05. The van der Waals surface area contributed by atoms with E-state index in [1.54, 1.807) is 32.5 Å². The molecule has 10 nitrogen and oxygen atoms in total. The minimum absolute atomic E-state index is 0.291. The van der Waals surface area contributed by atoms with Crippen LogP contribution in [-0.2, 0) is 23.9 Å². The fraction of sp³-hybridized carbons (Fsp3) is 0.677. The molecule has 1 saturated heterocycles. The normalized spacial score (nSPS) is 24.8. The van der Waals surface area contributed by atoms with Gasteiger partial charge in [0.2, 0.25) is 11.8 Å². The van der Waals surface area contributed by atoms with E-state index in [-0.39, 0.29) is 17.7 Å².